The Hall–Kier alpha value is -1.12. The third kappa shape index (κ3) is 1.39. The highest BCUT2D eigenvalue weighted by Gasteiger charge is 2.30. The summed E-state index contributed by atoms with van der Waals surface area (Å²) in [5, 5.41) is 2.33. The summed E-state index contributed by atoms with van der Waals surface area (Å²) >= 11 is 0. The van der Waals surface area contributed by atoms with Gasteiger partial charge in [-0.15, -0.1) is 0 Å². The lowest BCUT2D eigenvalue weighted by molar-refractivity contribution is -0.124. The smallest absolute Gasteiger partial charge is 0.254 e. The number of hydrogen-bond donors (Lipinski definition) is 1. The number of rotatable bonds is 0. The fraction of sp³-hybridized carbons (Fsp3) is 0.600. The number of nitrogens with one attached hydrogen (secondary N) is 1. The third-order valence-electron chi connectivity index (χ3n) is 2.93. The lowest BCUT2D eigenvalue weighted by Crippen LogP contribution is -2.20. The molecule has 1 aliphatic carbocycles. The third-order valence-corrected chi connectivity index (χ3v) is 2.93. The van der Waals surface area contributed by atoms with Crippen molar-refractivity contribution >= 4 is 11.8 Å². The van der Waals surface area contributed by atoms with Gasteiger partial charge in [-0.2, -0.15) is 0 Å². The van der Waals surface area contributed by atoms with Crippen LogP contribution in [0.25, 0.3) is 0 Å². The first-order valence-corrected chi connectivity index (χ1v) is 4.74. The summed E-state index contributed by atoms with van der Waals surface area (Å²) in [4.78, 5) is 22.3. The van der Waals surface area contributed by atoms with Crippen LogP contribution in [0, 0.1) is 5.92 Å². The molecule has 1 aliphatic heterocycles. The molecule has 0 aromatic carbocycles. The molecule has 70 valence electrons. The minimum Gasteiger partial charge on any atom is -0.292 e. The summed E-state index contributed by atoms with van der Waals surface area (Å²) in [6, 6.07) is 0. The van der Waals surface area contributed by atoms with E-state index in [2.05, 4.69) is 12.2 Å². The summed E-state index contributed by atoms with van der Waals surface area (Å²) in [5.41, 5.74) is 1.96. The molecule has 1 atom stereocenters. The minimum atomic E-state index is -0.159. The lowest BCUT2D eigenvalue weighted by atomic mass is 9.98. The Morgan fingerprint density at radius 1 is 1.38 bits per heavy atom. The summed E-state index contributed by atoms with van der Waals surface area (Å²) in [7, 11) is 0. The predicted molar refractivity (Wildman–Crippen MR) is 47.8 cm³/mol. The second kappa shape index (κ2) is 2.98. The molecular weight excluding hydrogens is 166 g/mol. The van der Waals surface area contributed by atoms with Crippen LogP contribution in [0.5, 0.6) is 0 Å². The van der Waals surface area contributed by atoms with Gasteiger partial charge in [0.05, 0.1) is 6.42 Å². The molecule has 0 bridgehead atoms. The Kier molecular flexibility index (Phi) is 1.94. The van der Waals surface area contributed by atoms with E-state index in [1.807, 2.05) is 0 Å². The average molecular weight is 179 g/mol. The summed E-state index contributed by atoms with van der Waals surface area (Å²) < 4.78 is 0. The average Bonchev–Trinajstić information content (AvgIpc) is 2.58. The molecule has 0 spiro atoms. The Morgan fingerprint density at radius 2 is 2.15 bits per heavy atom. The van der Waals surface area contributed by atoms with E-state index in [0.29, 0.717) is 12.3 Å². The van der Waals surface area contributed by atoms with Gasteiger partial charge in [-0.3, -0.25) is 14.9 Å². The number of carbonyl (C=O) groups excluding carboxylic acids is 2. The zero-order valence-corrected chi connectivity index (χ0v) is 7.72. The van der Waals surface area contributed by atoms with E-state index in [1.54, 1.807) is 0 Å². The molecule has 1 N–H and O–H groups in total. The molecule has 0 aromatic rings. The number of amides is 2. The van der Waals surface area contributed by atoms with E-state index in [1.165, 1.54) is 5.57 Å². The van der Waals surface area contributed by atoms with E-state index in [4.69, 9.17) is 0 Å². The largest absolute Gasteiger partial charge is 0.292 e. The van der Waals surface area contributed by atoms with Crippen molar-refractivity contribution in [1.82, 2.24) is 5.32 Å². The van der Waals surface area contributed by atoms with E-state index in [9.17, 15) is 9.59 Å². The molecule has 3 heteroatoms. The van der Waals surface area contributed by atoms with E-state index < -0.39 is 0 Å². The van der Waals surface area contributed by atoms with Gasteiger partial charge >= 0.3 is 0 Å². The molecule has 2 amide bonds. The molecule has 3 nitrogen and oxygen atoms in total. The molecule has 0 aromatic heterocycles. The monoisotopic (exact) mass is 179 g/mol. The first kappa shape index (κ1) is 8.48. The number of imide groups is 1. The predicted octanol–water partition coefficient (Wildman–Crippen LogP) is 1.15. The molecule has 1 unspecified atom stereocenters. The van der Waals surface area contributed by atoms with Crippen LogP contribution in [0.3, 0.4) is 0 Å². The zero-order chi connectivity index (χ0) is 9.42. The van der Waals surface area contributed by atoms with Crippen LogP contribution in [-0.2, 0) is 9.59 Å². The van der Waals surface area contributed by atoms with Crippen molar-refractivity contribution < 1.29 is 9.59 Å². The van der Waals surface area contributed by atoms with Crippen molar-refractivity contribution in [1.29, 1.82) is 0 Å². The van der Waals surface area contributed by atoms with Gasteiger partial charge in [0.1, 0.15) is 0 Å². The summed E-state index contributed by atoms with van der Waals surface area (Å²) in [6.07, 6.45) is 3.61. The first-order valence-electron chi connectivity index (χ1n) is 4.74. The van der Waals surface area contributed by atoms with Crippen LogP contribution in [-0.4, -0.2) is 11.8 Å². The van der Waals surface area contributed by atoms with Gasteiger partial charge in [-0.25, -0.2) is 0 Å². The van der Waals surface area contributed by atoms with Crippen molar-refractivity contribution in [2.45, 2.75) is 32.6 Å². The molecular formula is C10H13NO2. The Balaban J connectivity index is 2.32. The number of hydrogen-bond acceptors (Lipinski definition) is 2. The van der Waals surface area contributed by atoms with Crippen LogP contribution in [0.4, 0.5) is 0 Å². The van der Waals surface area contributed by atoms with Gasteiger partial charge < -0.3 is 0 Å². The SMILES string of the molecule is CC1CCCC1=C1CC(=O)NC1=O. The minimum absolute atomic E-state index is 0.147. The van der Waals surface area contributed by atoms with Gasteiger partial charge in [-0.1, -0.05) is 12.5 Å². The van der Waals surface area contributed by atoms with Gasteiger partial charge in [0.2, 0.25) is 5.91 Å². The normalized spacial score (nSPS) is 34.1. The fourth-order valence-electron chi connectivity index (χ4n) is 2.21. The molecule has 1 saturated heterocycles. The molecule has 2 aliphatic rings. The van der Waals surface area contributed by atoms with Gasteiger partial charge in [0.15, 0.2) is 0 Å². The second-order valence-electron chi connectivity index (χ2n) is 3.85. The molecule has 1 heterocycles. The van der Waals surface area contributed by atoms with Gasteiger partial charge in [-0.05, 0) is 25.2 Å². The van der Waals surface area contributed by atoms with Crippen LogP contribution < -0.4 is 5.32 Å². The van der Waals surface area contributed by atoms with Crippen molar-refractivity contribution in [3.8, 4) is 0 Å². The highest BCUT2D eigenvalue weighted by atomic mass is 16.2. The maximum atomic E-state index is 11.3. The molecule has 13 heavy (non-hydrogen) atoms. The highest BCUT2D eigenvalue weighted by Crippen LogP contribution is 2.34. The summed E-state index contributed by atoms with van der Waals surface area (Å²) in [5.74, 6) is 0.187. The lowest BCUT2D eigenvalue weighted by Gasteiger charge is -2.06. The fourth-order valence-corrected chi connectivity index (χ4v) is 2.21. The van der Waals surface area contributed by atoms with Gasteiger partial charge in [0, 0.05) is 5.57 Å². The highest BCUT2D eigenvalue weighted by molar-refractivity contribution is 6.13. The topological polar surface area (TPSA) is 46.2 Å². The van der Waals surface area contributed by atoms with E-state index in [-0.39, 0.29) is 11.8 Å². The van der Waals surface area contributed by atoms with Gasteiger partial charge in [0.25, 0.3) is 5.91 Å². The van der Waals surface area contributed by atoms with Crippen molar-refractivity contribution in [2.75, 3.05) is 0 Å². The quantitative estimate of drug-likeness (QED) is 0.448. The van der Waals surface area contributed by atoms with E-state index >= 15 is 0 Å². The molecule has 2 fully saturated rings. The number of carbonyl (C=O) groups is 2. The first-order chi connectivity index (χ1) is 6.18. The molecule has 2 rings (SSSR count). The second-order valence-corrected chi connectivity index (χ2v) is 3.85. The van der Waals surface area contributed by atoms with Crippen LogP contribution in [0.15, 0.2) is 11.1 Å². The molecule has 1 saturated carbocycles. The maximum absolute atomic E-state index is 11.3. The van der Waals surface area contributed by atoms with Crippen LogP contribution in [0.2, 0.25) is 0 Å². The van der Waals surface area contributed by atoms with Crippen LogP contribution >= 0.6 is 0 Å². The van der Waals surface area contributed by atoms with Crippen molar-refractivity contribution in [3.05, 3.63) is 11.1 Å². The van der Waals surface area contributed by atoms with E-state index in [0.717, 1.165) is 24.8 Å². The Morgan fingerprint density at radius 3 is 2.62 bits per heavy atom. The molecule has 0 radical (unpaired) electrons. The Labute approximate surface area is 77.2 Å². The summed E-state index contributed by atoms with van der Waals surface area (Å²) in [6.45, 7) is 2.13. The number of allylic oxidation sites excluding steroid dienone is 1. The standard InChI is InChI=1S/C10H13NO2/c1-6-3-2-4-7(6)8-5-9(12)11-10(8)13/h6H,2-5H2,1H3,(H,11,12,13). The maximum Gasteiger partial charge on any atom is 0.254 e. The van der Waals surface area contributed by atoms with Crippen LogP contribution in [0.1, 0.15) is 32.6 Å². The van der Waals surface area contributed by atoms with Crippen molar-refractivity contribution in [2.24, 2.45) is 5.92 Å². The zero-order valence-electron chi connectivity index (χ0n) is 7.72. The van der Waals surface area contributed by atoms with Crippen molar-refractivity contribution in [3.63, 3.8) is 0 Å². The Bertz CT molecular complexity index is 304.